The lowest BCUT2D eigenvalue weighted by Gasteiger charge is -2.33. The molecule has 106 valence electrons. The van der Waals surface area contributed by atoms with Gasteiger partial charge in [-0.25, -0.2) is 0 Å². The maximum Gasteiger partial charge on any atom is 0.309 e. The molecule has 1 aromatic rings. The Morgan fingerprint density at radius 3 is 2.80 bits per heavy atom. The normalized spacial score (nSPS) is 15.8. The number of benzene rings is 1. The van der Waals surface area contributed by atoms with Gasteiger partial charge >= 0.3 is 5.97 Å². The van der Waals surface area contributed by atoms with E-state index in [9.17, 15) is 10.1 Å². The summed E-state index contributed by atoms with van der Waals surface area (Å²) in [5.41, 5.74) is 1.59. The monoisotopic (exact) mass is 336 g/mol. The number of esters is 1. The first-order valence-corrected chi connectivity index (χ1v) is 7.56. The predicted octanol–water partition coefficient (Wildman–Crippen LogP) is 3.10. The van der Waals surface area contributed by atoms with Gasteiger partial charge < -0.3 is 9.64 Å². The van der Waals surface area contributed by atoms with Gasteiger partial charge in [0.2, 0.25) is 0 Å². The minimum Gasteiger partial charge on any atom is -0.466 e. The Hall–Kier alpha value is -1.54. The Morgan fingerprint density at radius 2 is 2.20 bits per heavy atom. The van der Waals surface area contributed by atoms with Gasteiger partial charge in [0.1, 0.15) is 6.07 Å². The summed E-state index contributed by atoms with van der Waals surface area (Å²) in [6.45, 7) is 3.79. The highest BCUT2D eigenvalue weighted by Gasteiger charge is 2.27. The molecule has 1 heterocycles. The van der Waals surface area contributed by atoms with E-state index in [0.29, 0.717) is 12.2 Å². The van der Waals surface area contributed by atoms with Crippen LogP contribution in [0.25, 0.3) is 0 Å². The van der Waals surface area contributed by atoms with E-state index in [1.807, 2.05) is 25.1 Å². The fourth-order valence-corrected chi connectivity index (χ4v) is 3.14. The van der Waals surface area contributed by atoms with Crippen LogP contribution in [0, 0.1) is 17.2 Å². The van der Waals surface area contributed by atoms with Crippen molar-refractivity contribution in [2.24, 2.45) is 5.92 Å². The average Bonchev–Trinajstić information content (AvgIpc) is 2.47. The van der Waals surface area contributed by atoms with E-state index in [4.69, 9.17) is 4.74 Å². The zero-order chi connectivity index (χ0) is 14.5. The van der Waals surface area contributed by atoms with E-state index < -0.39 is 0 Å². The number of nitriles is 1. The standard InChI is InChI=1S/C15H17BrN2O2/c1-2-20-15(19)11-6-8-18(9-7-11)14-12(10-17)4-3-5-13(14)16/h3-5,11H,2,6-9H2,1H3. The lowest BCUT2D eigenvalue weighted by Crippen LogP contribution is -2.37. The van der Waals surface area contributed by atoms with Crippen LogP contribution in [0.2, 0.25) is 0 Å². The van der Waals surface area contributed by atoms with Crippen molar-refractivity contribution >= 4 is 27.6 Å². The van der Waals surface area contributed by atoms with Gasteiger partial charge in [0.15, 0.2) is 0 Å². The van der Waals surface area contributed by atoms with Gasteiger partial charge in [-0.05, 0) is 47.8 Å². The quantitative estimate of drug-likeness (QED) is 0.796. The molecule has 1 fully saturated rings. The molecule has 20 heavy (non-hydrogen) atoms. The molecule has 0 radical (unpaired) electrons. The van der Waals surface area contributed by atoms with Crippen LogP contribution >= 0.6 is 15.9 Å². The number of nitrogens with zero attached hydrogens (tertiary/aromatic N) is 2. The molecule has 1 saturated heterocycles. The third kappa shape index (κ3) is 3.13. The fourth-order valence-electron chi connectivity index (χ4n) is 2.53. The van der Waals surface area contributed by atoms with E-state index in [1.165, 1.54) is 0 Å². The molecule has 0 N–H and O–H groups in total. The van der Waals surface area contributed by atoms with Gasteiger partial charge in [-0.1, -0.05) is 6.07 Å². The molecular formula is C15H17BrN2O2. The topological polar surface area (TPSA) is 53.3 Å². The highest BCUT2D eigenvalue weighted by atomic mass is 79.9. The van der Waals surface area contributed by atoms with Gasteiger partial charge in [0, 0.05) is 17.6 Å². The molecule has 0 unspecified atom stereocenters. The third-order valence-electron chi connectivity index (χ3n) is 3.54. The van der Waals surface area contributed by atoms with Crippen LogP contribution in [0.1, 0.15) is 25.3 Å². The van der Waals surface area contributed by atoms with Crippen molar-refractivity contribution in [3.8, 4) is 6.07 Å². The molecule has 0 atom stereocenters. The van der Waals surface area contributed by atoms with Crippen LogP contribution in [0.15, 0.2) is 22.7 Å². The number of hydrogen-bond acceptors (Lipinski definition) is 4. The zero-order valence-corrected chi connectivity index (χ0v) is 13.0. The molecule has 0 aromatic heterocycles. The Bertz CT molecular complexity index is 531. The van der Waals surface area contributed by atoms with E-state index >= 15 is 0 Å². The fraction of sp³-hybridized carbons (Fsp3) is 0.467. The molecule has 5 heteroatoms. The first-order chi connectivity index (χ1) is 9.67. The second-order valence-corrected chi connectivity index (χ2v) is 5.62. The summed E-state index contributed by atoms with van der Waals surface area (Å²) in [4.78, 5) is 13.9. The second-order valence-electron chi connectivity index (χ2n) is 4.76. The van der Waals surface area contributed by atoms with E-state index in [-0.39, 0.29) is 11.9 Å². The number of carbonyl (C=O) groups excluding carboxylic acids is 1. The van der Waals surface area contributed by atoms with Gasteiger partial charge in [-0.3, -0.25) is 4.79 Å². The van der Waals surface area contributed by atoms with Crippen LogP contribution in [0.5, 0.6) is 0 Å². The molecule has 0 aliphatic carbocycles. The minimum atomic E-state index is -0.0974. The highest BCUT2D eigenvalue weighted by molar-refractivity contribution is 9.10. The number of para-hydroxylation sites is 1. The SMILES string of the molecule is CCOC(=O)C1CCN(c2c(Br)cccc2C#N)CC1. The predicted molar refractivity (Wildman–Crippen MR) is 80.4 cm³/mol. The average molecular weight is 337 g/mol. The summed E-state index contributed by atoms with van der Waals surface area (Å²) in [6, 6.07) is 7.84. The lowest BCUT2D eigenvalue weighted by atomic mass is 9.96. The van der Waals surface area contributed by atoms with Crippen molar-refractivity contribution in [3.05, 3.63) is 28.2 Å². The van der Waals surface area contributed by atoms with Crippen molar-refractivity contribution < 1.29 is 9.53 Å². The van der Waals surface area contributed by atoms with E-state index in [0.717, 1.165) is 36.1 Å². The number of carbonyl (C=O) groups is 1. The van der Waals surface area contributed by atoms with Crippen molar-refractivity contribution in [2.45, 2.75) is 19.8 Å². The molecule has 0 spiro atoms. The number of piperidine rings is 1. The van der Waals surface area contributed by atoms with Crippen molar-refractivity contribution in [1.29, 1.82) is 5.26 Å². The van der Waals surface area contributed by atoms with Crippen LogP contribution in [-0.2, 0) is 9.53 Å². The van der Waals surface area contributed by atoms with Crippen LogP contribution in [0.3, 0.4) is 0 Å². The van der Waals surface area contributed by atoms with Crippen molar-refractivity contribution in [1.82, 2.24) is 0 Å². The molecule has 4 nitrogen and oxygen atoms in total. The Kier molecular flexibility index (Phi) is 5.02. The number of ether oxygens (including phenoxy) is 1. The molecular weight excluding hydrogens is 320 g/mol. The Balaban J connectivity index is 2.08. The summed E-state index contributed by atoms with van der Waals surface area (Å²) >= 11 is 3.51. The maximum atomic E-state index is 11.7. The number of halogens is 1. The lowest BCUT2D eigenvalue weighted by molar-refractivity contribution is -0.148. The molecule has 1 aliphatic rings. The summed E-state index contributed by atoms with van der Waals surface area (Å²) in [5, 5.41) is 9.21. The number of rotatable bonds is 3. The first-order valence-electron chi connectivity index (χ1n) is 6.77. The largest absolute Gasteiger partial charge is 0.466 e. The number of hydrogen-bond donors (Lipinski definition) is 0. The van der Waals surface area contributed by atoms with Crippen LogP contribution < -0.4 is 4.90 Å². The molecule has 0 bridgehead atoms. The smallest absolute Gasteiger partial charge is 0.309 e. The molecule has 0 saturated carbocycles. The first kappa shape index (κ1) is 14.9. The van der Waals surface area contributed by atoms with E-state index in [2.05, 4.69) is 26.9 Å². The second kappa shape index (κ2) is 6.76. The van der Waals surface area contributed by atoms with Gasteiger partial charge in [-0.15, -0.1) is 0 Å². The van der Waals surface area contributed by atoms with Crippen molar-refractivity contribution in [3.63, 3.8) is 0 Å². The van der Waals surface area contributed by atoms with Gasteiger partial charge in [0.05, 0.1) is 23.8 Å². The minimum absolute atomic E-state index is 0.0146. The maximum absolute atomic E-state index is 11.7. The van der Waals surface area contributed by atoms with Gasteiger partial charge in [0.25, 0.3) is 0 Å². The van der Waals surface area contributed by atoms with E-state index in [1.54, 1.807) is 0 Å². The molecule has 1 aliphatic heterocycles. The summed E-state index contributed by atoms with van der Waals surface area (Å²) in [6.07, 6.45) is 1.54. The number of anilines is 1. The summed E-state index contributed by atoms with van der Waals surface area (Å²) in [5.74, 6) is -0.112. The third-order valence-corrected chi connectivity index (χ3v) is 4.18. The Morgan fingerprint density at radius 1 is 1.50 bits per heavy atom. The highest BCUT2D eigenvalue weighted by Crippen LogP contribution is 2.33. The summed E-state index contributed by atoms with van der Waals surface area (Å²) in [7, 11) is 0. The summed E-state index contributed by atoms with van der Waals surface area (Å²) < 4.78 is 5.99. The molecule has 1 aromatic carbocycles. The van der Waals surface area contributed by atoms with Crippen LogP contribution in [0.4, 0.5) is 5.69 Å². The van der Waals surface area contributed by atoms with Crippen molar-refractivity contribution in [2.75, 3.05) is 24.6 Å². The molecule has 2 rings (SSSR count). The molecule has 0 amide bonds. The zero-order valence-electron chi connectivity index (χ0n) is 11.4. The Labute approximate surface area is 127 Å². The van der Waals surface area contributed by atoms with Crippen LogP contribution in [-0.4, -0.2) is 25.7 Å². The van der Waals surface area contributed by atoms with Gasteiger partial charge in [-0.2, -0.15) is 5.26 Å².